The number of hydrogen-bond donors (Lipinski definition) is 0. The third-order valence-corrected chi connectivity index (χ3v) is 5.91. The van der Waals surface area contributed by atoms with Gasteiger partial charge in [0.1, 0.15) is 0 Å². The van der Waals surface area contributed by atoms with Crippen molar-refractivity contribution < 1.29 is 14.3 Å². The quantitative estimate of drug-likeness (QED) is 0.496. The van der Waals surface area contributed by atoms with Gasteiger partial charge in [-0.05, 0) is 69.0 Å². The molecule has 1 aliphatic rings. The second-order valence-corrected chi connectivity index (χ2v) is 8.65. The van der Waals surface area contributed by atoms with Crippen LogP contribution in [0.25, 0.3) is 16.3 Å². The molecule has 4 rings (SSSR count). The molecular weight excluding hydrogens is 422 g/mol. The molecule has 0 radical (unpaired) electrons. The topological polar surface area (TPSA) is 54.9 Å². The Hall–Kier alpha value is -2.61. The van der Waals surface area contributed by atoms with Crippen molar-refractivity contribution in [2.45, 2.75) is 6.42 Å². The van der Waals surface area contributed by atoms with Crippen molar-refractivity contribution in [1.29, 1.82) is 0 Å². The van der Waals surface area contributed by atoms with E-state index in [1.807, 2.05) is 50.5 Å². The molecule has 0 unspecified atom stereocenters. The van der Waals surface area contributed by atoms with Gasteiger partial charge in [0.2, 0.25) is 6.79 Å². The lowest BCUT2D eigenvalue weighted by Crippen LogP contribution is -2.32. The van der Waals surface area contributed by atoms with Crippen molar-refractivity contribution in [3.05, 3.63) is 53.1 Å². The Kier molecular flexibility index (Phi) is 6.22. The number of ether oxygens (including phenoxy) is 2. The fourth-order valence-electron chi connectivity index (χ4n) is 3.12. The fraction of sp³-hybridized carbons (Fsp3) is 0.273. The predicted octanol–water partition coefficient (Wildman–Crippen LogP) is 4.68. The van der Waals surface area contributed by atoms with Crippen LogP contribution >= 0.6 is 22.9 Å². The largest absolute Gasteiger partial charge is 0.454 e. The van der Waals surface area contributed by atoms with Crippen LogP contribution in [-0.2, 0) is 4.79 Å². The van der Waals surface area contributed by atoms with Crippen LogP contribution in [0.1, 0.15) is 12.0 Å². The molecule has 30 heavy (non-hydrogen) atoms. The summed E-state index contributed by atoms with van der Waals surface area (Å²) in [5, 5.41) is 1.33. The number of rotatable bonds is 7. The fourth-order valence-corrected chi connectivity index (χ4v) is 4.39. The summed E-state index contributed by atoms with van der Waals surface area (Å²) >= 11 is 7.58. The van der Waals surface area contributed by atoms with Crippen LogP contribution in [-0.4, -0.2) is 49.8 Å². The van der Waals surface area contributed by atoms with Gasteiger partial charge in [-0.15, -0.1) is 0 Å². The van der Waals surface area contributed by atoms with Gasteiger partial charge in [-0.1, -0.05) is 29.0 Å². The summed E-state index contributed by atoms with van der Waals surface area (Å²) < 4.78 is 11.7. The summed E-state index contributed by atoms with van der Waals surface area (Å²) in [5.41, 5.74) is 1.71. The van der Waals surface area contributed by atoms with Crippen molar-refractivity contribution >= 4 is 50.3 Å². The van der Waals surface area contributed by atoms with Gasteiger partial charge in [0.25, 0.3) is 5.91 Å². The molecule has 156 valence electrons. The van der Waals surface area contributed by atoms with E-state index in [0.29, 0.717) is 22.4 Å². The van der Waals surface area contributed by atoms with Crippen LogP contribution in [0.3, 0.4) is 0 Å². The molecule has 1 amide bonds. The second-order valence-electron chi connectivity index (χ2n) is 7.20. The molecule has 6 nitrogen and oxygen atoms in total. The van der Waals surface area contributed by atoms with E-state index in [-0.39, 0.29) is 12.7 Å². The number of anilines is 1. The third kappa shape index (κ3) is 4.75. The van der Waals surface area contributed by atoms with Crippen molar-refractivity contribution in [3.63, 3.8) is 0 Å². The Bertz CT molecular complexity index is 1100. The lowest BCUT2D eigenvalue weighted by atomic mass is 10.2. The molecule has 0 saturated carbocycles. The molecule has 0 atom stereocenters. The number of nitrogens with zero attached hydrogens (tertiary/aromatic N) is 3. The molecule has 8 heteroatoms. The number of hydrogen-bond acceptors (Lipinski definition) is 6. The Morgan fingerprint density at radius 1 is 1.17 bits per heavy atom. The summed E-state index contributed by atoms with van der Waals surface area (Å²) in [5.74, 6) is 1.30. The first kappa shape index (κ1) is 20.7. The maximum Gasteiger partial charge on any atom is 0.252 e. The van der Waals surface area contributed by atoms with Crippen LogP contribution in [0, 0.1) is 0 Å². The predicted molar refractivity (Wildman–Crippen MR) is 122 cm³/mol. The van der Waals surface area contributed by atoms with Gasteiger partial charge in [-0.2, -0.15) is 0 Å². The summed E-state index contributed by atoms with van der Waals surface area (Å²) in [7, 11) is 4.04. The molecule has 0 saturated heterocycles. The molecule has 0 fully saturated rings. The Balaban J connectivity index is 1.56. The molecule has 1 aromatic heterocycles. The summed E-state index contributed by atoms with van der Waals surface area (Å²) in [6.07, 6.45) is 4.20. The minimum absolute atomic E-state index is 0.114. The highest BCUT2D eigenvalue weighted by Crippen LogP contribution is 2.33. The maximum absolute atomic E-state index is 13.1. The maximum atomic E-state index is 13.1. The molecule has 0 aliphatic carbocycles. The van der Waals surface area contributed by atoms with Gasteiger partial charge in [0.15, 0.2) is 16.6 Å². The van der Waals surface area contributed by atoms with Crippen LogP contribution in [0.2, 0.25) is 5.02 Å². The molecule has 3 aromatic rings. The number of carbonyl (C=O) groups excluding carboxylic acids is 1. The van der Waals surface area contributed by atoms with E-state index in [0.717, 1.165) is 34.5 Å². The van der Waals surface area contributed by atoms with E-state index in [4.69, 9.17) is 21.1 Å². The van der Waals surface area contributed by atoms with E-state index < -0.39 is 0 Å². The van der Waals surface area contributed by atoms with Crippen molar-refractivity contribution in [2.24, 2.45) is 0 Å². The van der Waals surface area contributed by atoms with Crippen LogP contribution in [0.5, 0.6) is 11.5 Å². The second kappa shape index (κ2) is 9.04. The third-order valence-electron chi connectivity index (χ3n) is 4.64. The standard InChI is InChI=1S/C22H22ClN3O3S/c1-25(2)10-3-11-26(22-24-17-7-6-16(23)13-20(17)30-22)21(27)9-5-15-4-8-18-19(12-15)29-14-28-18/h4-9,12-13H,3,10-11,14H2,1-2H3. The molecular formula is C22H22ClN3O3S. The molecule has 2 heterocycles. The van der Waals surface area contributed by atoms with Crippen molar-refractivity contribution in [2.75, 3.05) is 38.9 Å². The van der Waals surface area contributed by atoms with Gasteiger partial charge < -0.3 is 14.4 Å². The SMILES string of the molecule is CN(C)CCCN(C(=O)C=Cc1ccc2c(c1)OCO2)c1nc2ccc(Cl)cc2s1. The minimum atomic E-state index is -0.114. The average molecular weight is 444 g/mol. The van der Waals surface area contributed by atoms with Gasteiger partial charge in [-0.3, -0.25) is 9.69 Å². The summed E-state index contributed by atoms with van der Waals surface area (Å²) in [6, 6.07) is 11.2. The van der Waals surface area contributed by atoms with E-state index in [1.54, 1.807) is 17.1 Å². The lowest BCUT2D eigenvalue weighted by Gasteiger charge is -2.19. The first-order valence-electron chi connectivity index (χ1n) is 9.60. The highest BCUT2D eigenvalue weighted by atomic mass is 35.5. The van der Waals surface area contributed by atoms with E-state index in [2.05, 4.69) is 9.88 Å². The minimum Gasteiger partial charge on any atom is -0.454 e. The van der Waals surface area contributed by atoms with E-state index in [1.165, 1.54) is 11.3 Å². The van der Waals surface area contributed by atoms with Gasteiger partial charge in [-0.25, -0.2) is 4.98 Å². The monoisotopic (exact) mass is 443 g/mol. The highest BCUT2D eigenvalue weighted by molar-refractivity contribution is 7.22. The zero-order chi connectivity index (χ0) is 21.1. The summed E-state index contributed by atoms with van der Waals surface area (Å²) in [4.78, 5) is 21.6. The Morgan fingerprint density at radius 2 is 2.00 bits per heavy atom. The van der Waals surface area contributed by atoms with E-state index in [9.17, 15) is 4.79 Å². The molecule has 2 aromatic carbocycles. The lowest BCUT2D eigenvalue weighted by molar-refractivity contribution is -0.114. The van der Waals surface area contributed by atoms with Gasteiger partial charge in [0, 0.05) is 17.6 Å². The van der Waals surface area contributed by atoms with Gasteiger partial charge in [0.05, 0.1) is 10.2 Å². The van der Waals surface area contributed by atoms with E-state index >= 15 is 0 Å². The first-order chi connectivity index (χ1) is 14.5. The first-order valence-corrected chi connectivity index (χ1v) is 10.8. The van der Waals surface area contributed by atoms with Crippen molar-refractivity contribution in [3.8, 4) is 11.5 Å². The number of amides is 1. The molecule has 0 spiro atoms. The smallest absolute Gasteiger partial charge is 0.252 e. The summed E-state index contributed by atoms with van der Waals surface area (Å²) in [6.45, 7) is 1.69. The van der Waals surface area contributed by atoms with Gasteiger partial charge >= 0.3 is 0 Å². The van der Waals surface area contributed by atoms with Crippen LogP contribution in [0.15, 0.2) is 42.5 Å². The molecule has 0 bridgehead atoms. The molecule has 0 N–H and O–H groups in total. The normalized spacial score (nSPS) is 12.9. The number of fused-ring (bicyclic) bond motifs is 2. The van der Waals surface area contributed by atoms with Crippen LogP contribution < -0.4 is 14.4 Å². The number of aromatic nitrogens is 1. The highest BCUT2D eigenvalue weighted by Gasteiger charge is 2.18. The van der Waals surface area contributed by atoms with Crippen LogP contribution in [0.4, 0.5) is 5.13 Å². The Labute approximate surface area is 184 Å². The number of thiazole rings is 1. The number of carbonyl (C=O) groups is 1. The number of halogens is 1. The Morgan fingerprint density at radius 3 is 2.83 bits per heavy atom. The average Bonchev–Trinajstić information content (AvgIpc) is 3.34. The zero-order valence-corrected chi connectivity index (χ0v) is 18.4. The zero-order valence-electron chi connectivity index (χ0n) is 16.8. The number of benzene rings is 2. The molecule has 1 aliphatic heterocycles. The van der Waals surface area contributed by atoms with Crippen molar-refractivity contribution in [1.82, 2.24) is 9.88 Å².